The Morgan fingerprint density at radius 3 is 2.88 bits per heavy atom. The third-order valence-corrected chi connectivity index (χ3v) is 4.65. The second-order valence-electron chi connectivity index (χ2n) is 5.71. The Balaban J connectivity index is 1.54. The summed E-state index contributed by atoms with van der Waals surface area (Å²) in [6.07, 6.45) is -0.623. The predicted molar refractivity (Wildman–Crippen MR) is 95.5 cm³/mol. The van der Waals surface area contributed by atoms with Gasteiger partial charge in [0.15, 0.2) is 6.10 Å². The second kappa shape index (κ2) is 7.48. The van der Waals surface area contributed by atoms with Crippen molar-refractivity contribution in [2.24, 2.45) is 0 Å². The molecule has 0 radical (unpaired) electrons. The minimum atomic E-state index is -0.623. The Bertz CT molecular complexity index is 858. The highest BCUT2D eigenvalue weighted by molar-refractivity contribution is 7.13. The van der Waals surface area contributed by atoms with Gasteiger partial charge >= 0.3 is 0 Å². The van der Waals surface area contributed by atoms with Crippen LogP contribution in [-0.2, 0) is 11.3 Å². The lowest BCUT2D eigenvalue weighted by Gasteiger charge is -2.15. The van der Waals surface area contributed by atoms with Crippen LogP contribution in [0.5, 0.6) is 5.75 Å². The SMILES string of the molecule is Cc1ccc(OC(C)C(=O)NCc2nc(-c3cccs3)no2)cc1C. The van der Waals surface area contributed by atoms with E-state index in [1.807, 2.05) is 49.6 Å². The van der Waals surface area contributed by atoms with Crippen molar-refractivity contribution in [1.82, 2.24) is 15.5 Å². The van der Waals surface area contributed by atoms with Crippen LogP contribution in [0.15, 0.2) is 40.2 Å². The van der Waals surface area contributed by atoms with Crippen LogP contribution in [0.3, 0.4) is 0 Å². The summed E-state index contributed by atoms with van der Waals surface area (Å²) in [4.78, 5) is 17.4. The Morgan fingerprint density at radius 1 is 1.32 bits per heavy atom. The largest absolute Gasteiger partial charge is 0.481 e. The Morgan fingerprint density at radius 2 is 2.16 bits per heavy atom. The molecule has 0 saturated carbocycles. The van der Waals surface area contributed by atoms with Crippen molar-refractivity contribution in [3.8, 4) is 16.5 Å². The summed E-state index contributed by atoms with van der Waals surface area (Å²) >= 11 is 1.53. The zero-order valence-electron chi connectivity index (χ0n) is 14.3. The zero-order valence-corrected chi connectivity index (χ0v) is 15.1. The number of hydrogen-bond donors (Lipinski definition) is 1. The number of nitrogens with one attached hydrogen (secondary N) is 1. The molecule has 3 rings (SSSR count). The van der Waals surface area contributed by atoms with Gasteiger partial charge in [0, 0.05) is 0 Å². The number of nitrogens with zero attached hydrogens (tertiary/aromatic N) is 2. The Labute approximate surface area is 149 Å². The highest BCUT2D eigenvalue weighted by atomic mass is 32.1. The van der Waals surface area contributed by atoms with Gasteiger partial charge in [0.25, 0.3) is 5.91 Å². The number of ether oxygens (including phenoxy) is 1. The molecule has 6 nitrogen and oxygen atoms in total. The summed E-state index contributed by atoms with van der Waals surface area (Å²) in [5.74, 6) is 1.31. The molecule has 0 aliphatic rings. The monoisotopic (exact) mass is 357 g/mol. The van der Waals surface area contributed by atoms with Crippen molar-refractivity contribution < 1.29 is 14.1 Å². The first kappa shape index (κ1) is 17.2. The fourth-order valence-corrected chi connectivity index (χ4v) is 2.83. The minimum Gasteiger partial charge on any atom is -0.481 e. The quantitative estimate of drug-likeness (QED) is 0.730. The lowest BCUT2D eigenvalue weighted by atomic mass is 10.1. The molecule has 2 aromatic heterocycles. The predicted octanol–water partition coefficient (Wildman–Crippen LogP) is 3.50. The van der Waals surface area contributed by atoms with Crippen LogP contribution in [-0.4, -0.2) is 22.2 Å². The van der Waals surface area contributed by atoms with Crippen molar-refractivity contribution in [1.29, 1.82) is 0 Å². The molecule has 2 heterocycles. The number of carbonyl (C=O) groups is 1. The summed E-state index contributed by atoms with van der Waals surface area (Å²) < 4.78 is 10.8. The van der Waals surface area contributed by atoms with E-state index in [0.29, 0.717) is 17.5 Å². The van der Waals surface area contributed by atoms with Crippen LogP contribution in [0.25, 0.3) is 10.7 Å². The van der Waals surface area contributed by atoms with Gasteiger partial charge in [-0.3, -0.25) is 4.79 Å². The van der Waals surface area contributed by atoms with E-state index in [4.69, 9.17) is 9.26 Å². The van der Waals surface area contributed by atoms with Gasteiger partial charge in [0.2, 0.25) is 11.7 Å². The van der Waals surface area contributed by atoms with Crippen molar-refractivity contribution in [3.63, 3.8) is 0 Å². The number of thiophene rings is 1. The highest BCUT2D eigenvalue weighted by Gasteiger charge is 2.16. The van der Waals surface area contributed by atoms with E-state index >= 15 is 0 Å². The molecule has 130 valence electrons. The molecule has 1 amide bonds. The van der Waals surface area contributed by atoms with E-state index < -0.39 is 6.10 Å². The Hall–Kier alpha value is -2.67. The molecular weight excluding hydrogens is 338 g/mol. The van der Waals surface area contributed by atoms with E-state index in [0.717, 1.165) is 10.4 Å². The topological polar surface area (TPSA) is 77.2 Å². The van der Waals surface area contributed by atoms with E-state index in [1.54, 1.807) is 6.92 Å². The molecule has 7 heteroatoms. The zero-order chi connectivity index (χ0) is 17.8. The van der Waals surface area contributed by atoms with Crippen LogP contribution in [0.2, 0.25) is 0 Å². The lowest BCUT2D eigenvalue weighted by Crippen LogP contribution is -2.36. The molecule has 0 aliphatic carbocycles. The third kappa shape index (κ3) is 4.24. The third-order valence-electron chi connectivity index (χ3n) is 3.78. The molecule has 1 aromatic carbocycles. The maximum atomic E-state index is 12.2. The van der Waals surface area contributed by atoms with Crippen LogP contribution >= 0.6 is 11.3 Å². The summed E-state index contributed by atoms with van der Waals surface area (Å²) in [5.41, 5.74) is 2.31. The number of amides is 1. The van der Waals surface area contributed by atoms with E-state index in [2.05, 4.69) is 15.5 Å². The van der Waals surface area contributed by atoms with Crippen LogP contribution in [0, 0.1) is 13.8 Å². The molecule has 1 atom stereocenters. The van der Waals surface area contributed by atoms with Gasteiger partial charge in [-0.1, -0.05) is 17.3 Å². The first-order valence-electron chi connectivity index (χ1n) is 7.91. The summed E-state index contributed by atoms with van der Waals surface area (Å²) in [5, 5.41) is 8.60. The fourth-order valence-electron chi connectivity index (χ4n) is 2.18. The first-order valence-corrected chi connectivity index (χ1v) is 8.79. The molecule has 0 fully saturated rings. The molecule has 0 bridgehead atoms. The van der Waals surface area contributed by atoms with Crippen LogP contribution in [0.1, 0.15) is 23.9 Å². The molecular formula is C18H19N3O3S. The number of carbonyl (C=O) groups excluding carboxylic acids is 1. The maximum Gasteiger partial charge on any atom is 0.261 e. The van der Waals surface area contributed by atoms with Gasteiger partial charge < -0.3 is 14.6 Å². The van der Waals surface area contributed by atoms with Gasteiger partial charge in [-0.15, -0.1) is 11.3 Å². The van der Waals surface area contributed by atoms with Gasteiger partial charge in [0.1, 0.15) is 5.75 Å². The lowest BCUT2D eigenvalue weighted by molar-refractivity contribution is -0.127. The molecule has 25 heavy (non-hydrogen) atoms. The number of hydrogen-bond acceptors (Lipinski definition) is 6. The van der Waals surface area contributed by atoms with E-state index in [9.17, 15) is 4.79 Å². The van der Waals surface area contributed by atoms with Crippen molar-refractivity contribution in [2.75, 3.05) is 0 Å². The molecule has 0 saturated heterocycles. The van der Waals surface area contributed by atoms with E-state index in [1.165, 1.54) is 16.9 Å². The number of benzene rings is 1. The van der Waals surface area contributed by atoms with Crippen molar-refractivity contribution in [3.05, 3.63) is 52.7 Å². The average molecular weight is 357 g/mol. The first-order chi connectivity index (χ1) is 12.0. The number of rotatable bonds is 6. The number of aromatic nitrogens is 2. The highest BCUT2D eigenvalue weighted by Crippen LogP contribution is 2.21. The van der Waals surface area contributed by atoms with Gasteiger partial charge in [0.05, 0.1) is 11.4 Å². The van der Waals surface area contributed by atoms with E-state index in [-0.39, 0.29) is 12.5 Å². The number of aryl methyl sites for hydroxylation is 2. The average Bonchev–Trinajstić information content (AvgIpc) is 3.26. The summed E-state index contributed by atoms with van der Waals surface area (Å²) in [7, 11) is 0. The van der Waals surface area contributed by atoms with Crippen molar-refractivity contribution >= 4 is 17.2 Å². The maximum absolute atomic E-state index is 12.2. The molecule has 3 aromatic rings. The molecule has 0 spiro atoms. The Kier molecular flexibility index (Phi) is 5.14. The van der Waals surface area contributed by atoms with Crippen LogP contribution < -0.4 is 10.1 Å². The molecule has 0 aliphatic heterocycles. The van der Waals surface area contributed by atoms with Crippen molar-refractivity contribution in [2.45, 2.75) is 33.4 Å². The standard InChI is InChI=1S/C18H19N3O3S/c1-11-6-7-14(9-12(11)2)23-13(3)18(22)19-10-16-20-17(21-24-16)15-5-4-8-25-15/h4-9,13H,10H2,1-3H3,(H,19,22). The van der Waals surface area contributed by atoms with Crippen LogP contribution in [0.4, 0.5) is 0 Å². The van der Waals surface area contributed by atoms with Gasteiger partial charge in [-0.05, 0) is 55.5 Å². The fraction of sp³-hybridized carbons (Fsp3) is 0.278. The van der Waals surface area contributed by atoms with Gasteiger partial charge in [-0.25, -0.2) is 0 Å². The smallest absolute Gasteiger partial charge is 0.261 e. The summed E-state index contributed by atoms with van der Waals surface area (Å²) in [6, 6.07) is 9.59. The summed E-state index contributed by atoms with van der Waals surface area (Å²) in [6.45, 7) is 5.91. The van der Waals surface area contributed by atoms with Gasteiger partial charge in [-0.2, -0.15) is 4.98 Å². The molecule has 1 unspecified atom stereocenters. The minimum absolute atomic E-state index is 0.165. The second-order valence-corrected chi connectivity index (χ2v) is 6.66. The normalized spacial score (nSPS) is 12.0. The molecule has 1 N–H and O–H groups in total.